The lowest BCUT2D eigenvalue weighted by Crippen LogP contribution is -2.34. The fourth-order valence-corrected chi connectivity index (χ4v) is 3.31. The van der Waals surface area contributed by atoms with Crippen molar-refractivity contribution in [3.05, 3.63) is 36.0 Å². The molecule has 1 fully saturated rings. The first-order valence-corrected chi connectivity index (χ1v) is 7.53. The summed E-state index contributed by atoms with van der Waals surface area (Å²) in [4.78, 5) is 4.59. The summed E-state index contributed by atoms with van der Waals surface area (Å²) in [6.45, 7) is 3.80. The Balaban J connectivity index is 1.87. The van der Waals surface area contributed by atoms with Crippen LogP contribution in [0, 0.1) is 12.3 Å². The first-order valence-electron chi connectivity index (χ1n) is 7.53. The lowest BCUT2D eigenvalue weighted by molar-refractivity contribution is 0.332. The number of nitrogens with one attached hydrogen (secondary N) is 1. The van der Waals surface area contributed by atoms with E-state index in [1.807, 2.05) is 13.0 Å². The monoisotopic (exact) mass is 269 g/mol. The van der Waals surface area contributed by atoms with Gasteiger partial charge >= 0.3 is 0 Å². The third kappa shape index (κ3) is 2.50. The van der Waals surface area contributed by atoms with Crippen LogP contribution in [0.3, 0.4) is 0 Å². The highest BCUT2D eigenvalue weighted by Crippen LogP contribution is 2.37. The van der Waals surface area contributed by atoms with E-state index in [0.29, 0.717) is 0 Å². The van der Waals surface area contributed by atoms with Crippen LogP contribution in [0.15, 0.2) is 30.3 Å². The highest BCUT2D eigenvalue weighted by Gasteiger charge is 2.32. The van der Waals surface area contributed by atoms with Gasteiger partial charge in [-0.15, -0.1) is 0 Å². The maximum absolute atomic E-state index is 6.02. The molecule has 0 radical (unpaired) electrons. The molecule has 1 aromatic heterocycles. The van der Waals surface area contributed by atoms with Crippen LogP contribution >= 0.6 is 0 Å². The Hall–Kier alpha value is -1.61. The predicted molar refractivity (Wildman–Crippen MR) is 84.9 cm³/mol. The van der Waals surface area contributed by atoms with Crippen molar-refractivity contribution in [3.63, 3.8) is 0 Å². The summed E-state index contributed by atoms with van der Waals surface area (Å²) in [5, 5.41) is 4.84. The molecule has 0 atom stereocenters. The van der Waals surface area contributed by atoms with Crippen molar-refractivity contribution in [3.8, 4) is 0 Å². The number of aromatic nitrogens is 1. The van der Waals surface area contributed by atoms with E-state index in [4.69, 9.17) is 5.73 Å². The van der Waals surface area contributed by atoms with Gasteiger partial charge in [0.15, 0.2) is 0 Å². The first kappa shape index (κ1) is 13.4. The number of hydrogen-bond acceptors (Lipinski definition) is 3. The van der Waals surface area contributed by atoms with Crippen molar-refractivity contribution in [2.24, 2.45) is 11.1 Å². The van der Waals surface area contributed by atoms with Crippen LogP contribution in [0.4, 0.5) is 5.69 Å². The quantitative estimate of drug-likeness (QED) is 0.893. The molecule has 3 rings (SSSR count). The Kier molecular flexibility index (Phi) is 3.62. The van der Waals surface area contributed by atoms with Crippen LogP contribution in [-0.4, -0.2) is 18.1 Å². The van der Waals surface area contributed by atoms with E-state index in [1.54, 1.807) is 0 Å². The van der Waals surface area contributed by atoms with E-state index in [0.717, 1.165) is 24.3 Å². The summed E-state index contributed by atoms with van der Waals surface area (Å²) in [6.07, 6.45) is 5.13. The van der Waals surface area contributed by atoms with Gasteiger partial charge in [-0.05, 0) is 43.9 Å². The molecule has 1 saturated carbocycles. The smallest absolute Gasteiger partial charge is 0.0725 e. The summed E-state index contributed by atoms with van der Waals surface area (Å²) in [5.74, 6) is 0. The number of fused-ring (bicyclic) bond motifs is 1. The maximum Gasteiger partial charge on any atom is 0.0725 e. The topological polar surface area (TPSA) is 50.9 Å². The number of pyridine rings is 1. The molecule has 3 N–H and O–H groups in total. The molecule has 0 aliphatic heterocycles. The number of rotatable bonds is 4. The second kappa shape index (κ2) is 5.41. The van der Waals surface area contributed by atoms with Gasteiger partial charge in [0.25, 0.3) is 0 Å². The van der Waals surface area contributed by atoms with Crippen LogP contribution < -0.4 is 11.1 Å². The van der Waals surface area contributed by atoms with Crippen LogP contribution in [0.5, 0.6) is 0 Å². The minimum absolute atomic E-state index is 0.290. The van der Waals surface area contributed by atoms with Crippen molar-refractivity contribution in [2.45, 2.75) is 32.6 Å². The largest absolute Gasteiger partial charge is 0.384 e. The highest BCUT2D eigenvalue weighted by molar-refractivity contribution is 5.91. The van der Waals surface area contributed by atoms with Gasteiger partial charge in [0.2, 0.25) is 0 Å². The number of anilines is 1. The predicted octanol–water partition coefficient (Wildman–Crippen LogP) is 3.47. The zero-order valence-corrected chi connectivity index (χ0v) is 12.2. The van der Waals surface area contributed by atoms with E-state index in [-0.39, 0.29) is 5.41 Å². The number of hydrogen-bond donors (Lipinski definition) is 2. The molecule has 1 aliphatic carbocycles. The molecule has 2 aromatic rings. The number of nitrogens with two attached hydrogens (primary N) is 1. The zero-order valence-electron chi connectivity index (χ0n) is 12.2. The highest BCUT2D eigenvalue weighted by atomic mass is 14.9. The normalized spacial score (nSPS) is 17.5. The van der Waals surface area contributed by atoms with Gasteiger partial charge in [-0.25, -0.2) is 0 Å². The van der Waals surface area contributed by atoms with Gasteiger partial charge in [-0.1, -0.05) is 31.0 Å². The molecule has 106 valence electrons. The third-order valence-electron chi connectivity index (χ3n) is 4.60. The molecule has 1 aromatic carbocycles. The first-order chi connectivity index (χ1) is 9.72. The average molecular weight is 269 g/mol. The molecule has 3 heteroatoms. The zero-order chi connectivity index (χ0) is 14.0. The van der Waals surface area contributed by atoms with Crippen LogP contribution in [0.25, 0.3) is 10.9 Å². The standard InChI is InChI=1S/C17H23N3/c1-13-10-16(14-6-2-3-7-15(14)20-13)19-12-17(11-18)8-4-5-9-17/h2-3,6-7,10H,4-5,8-9,11-12,18H2,1H3,(H,19,20). The summed E-state index contributed by atoms with van der Waals surface area (Å²) < 4.78 is 0. The Morgan fingerprint density at radius 3 is 2.75 bits per heavy atom. The van der Waals surface area contributed by atoms with Crippen LogP contribution in [0.1, 0.15) is 31.4 Å². The van der Waals surface area contributed by atoms with Gasteiger partial charge in [0.1, 0.15) is 0 Å². The van der Waals surface area contributed by atoms with Gasteiger partial charge in [-0.2, -0.15) is 0 Å². The van der Waals surface area contributed by atoms with E-state index in [1.165, 1.54) is 36.8 Å². The van der Waals surface area contributed by atoms with Crippen LogP contribution in [-0.2, 0) is 0 Å². The Bertz CT molecular complexity index is 600. The van der Waals surface area contributed by atoms with Crippen LogP contribution in [0.2, 0.25) is 0 Å². The van der Waals surface area contributed by atoms with E-state index in [2.05, 4.69) is 34.6 Å². The lowest BCUT2D eigenvalue weighted by Gasteiger charge is -2.28. The van der Waals surface area contributed by atoms with Gasteiger partial charge < -0.3 is 11.1 Å². The third-order valence-corrected chi connectivity index (χ3v) is 4.60. The van der Waals surface area contributed by atoms with Gasteiger partial charge in [-0.3, -0.25) is 4.98 Å². The molecule has 20 heavy (non-hydrogen) atoms. The van der Waals surface area contributed by atoms with Crippen molar-refractivity contribution < 1.29 is 0 Å². The summed E-state index contributed by atoms with van der Waals surface area (Å²) in [7, 11) is 0. The summed E-state index contributed by atoms with van der Waals surface area (Å²) in [5.41, 5.74) is 9.61. The van der Waals surface area contributed by atoms with E-state index in [9.17, 15) is 0 Å². The van der Waals surface area contributed by atoms with Crippen molar-refractivity contribution in [1.82, 2.24) is 4.98 Å². The maximum atomic E-state index is 6.02. The van der Waals surface area contributed by atoms with Gasteiger partial charge in [0.05, 0.1) is 5.52 Å². The number of aryl methyl sites for hydroxylation is 1. The molecule has 0 amide bonds. The Labute approximate surface area is 120 Å². The second-order valence-corrected chi connectivity index (χ2v) is 6.09. The Morgan fingerprint density at radius 1 is 1.25 bits per heavy atom. The fraction of sp³-hybridized carbons (Fsp3) is 0.471. The molecule has 0 bridgehead atoms. The Morgan fingerprint density at radius 2 is 2.00 bits per heavy atom. The van der Waals surface area contributed by atoms with E-state index >= 15 is 0 Å². The minimum atomic E-state index is 0.290. The molecule has 1 aliphatic rings. The fourth-order valence-electron chi connectivity index (χ4n) is 3.31. The van der Waals surface area contributed by atoms with Gasteiger partial charge in [0, 0.05) is 23.3 Å². The lowest BCUT2D eigenvalue weighted by atomic mass is 9.86. The van der Waals surface area contributed by atoms with Crippen molar-refractivity contribution in [2.75, 3.05) is 18.4 Å². The number of para-hydroxylation sites is 1. The van der Waals surface area contributed by atoms with Crippen molar-refractivity contribution >= 4 is 16.6 Å². The molecule has 3 nitrogen and oxygen atoms in total. The molecule has 1 heterocycles. The number of benzene rings is 1. The van der Waals surface area contributed by atoms with Crippen molar-refractivity contribution in [1.29, 1.82) is 0 Å². The van der Waals surface area contributed by atoms with E-state index < -0.39 is 0 Å². The minimum Gasteiger partial charge on any atom is -0.384 e. The molecular weight excluding hydrogens is 246 g/mol. The summed E-state index contributed by atoms with van der Waals surface area (Å²) >= 11 is 0. The molecular formula is C17H23N3. The molecule has 0 spiro atoms. The SMILES string of the molecule is Cc1cc(NCC2(CN)CCCC2)c2ccccc2n1. The molecule has 0 saturated heterocycles. The number of nitrogens with zero attached hydrogens (tertiary/aromatic N) is 1. The summed E-state index contributed by atoms with van der Waals surface area (Å²) in [6, 6.07) is 10.5. The second-order valence-electron chi connectivity index (χ2n) is 6.09. The molecule has 0 unspecified atom stereocenters. The average Bonchev–Trinajstić information content (AvgIpc) is 2.94.